The van der Waals surface area contributed by atoms with Gasteiger partial charge in [-0.05, 0) is 61.9 Å². The predicted molar refractivity (Wildman–Crippen MR) is 91.0 cm³/mol. The summed E-state index contributed by atoms with van der Waals surface area (Å²) < 4.78 is 0. The van der Waals surface area contributed by atoms with E-state index in [1.807, 2.05) is 6.07 Å². The first-order chi connectivity index (χ1) is 10.0. The standard InChI is InChI=1S/C20H26O/c1-5-6-7-8-17-12-16(4)20(19(21)13-17)18-11-14(2)9-10-15(18)3/h9-13,21H,5-8H2,1-4H3. The first-order valence-corrected chi connectivity index (χ1v) is 7.93. The number of aryl methyl sites for hydroxylation is 4. The van der Waals surface area contributed by atoms with Gasteiger partial charge in [-0.15, -0.1) is 0 Å². The SMILES string of the molecule is CCCCCc1cc(C)c(-c2cc(C)ccc2C)c(O)c1. The van der Waals surface area contributed by atoms with Crippen LogP contribution < -0.4 is 0 Å². The first kappa shape index (κ1) is 15.6. The summed E-state index contributed by atoms with van der Waals surface area (Å²) in [5.41, 5.74) is 6.96. The molecule has 2 aromatic carbocycles. The van der Waals surface area contributed by atoms with Crippen molar-refractivity contribution in [1.82, 2.24) is 0 Å². The number of phenols is 1. The monoisotopic (exact) mass is 282 g/mol. The van der Waals surface area contributed by atoms with Crippen LogP contribution in [0.3, 0.4) is 0 Å². The van der Waals surface area contributed by atoms with Crippen molar-refractivity contribution in [2.45, 2.75) is 53.4 Å². The van der Waals surface area contributed by atoms with Gasteiger partial charge in [0.05, 0.1) is 0 Å². The lowest BCUT2D eigenvalue weighted by molar-refractivity contribution is 0.476. The molecule has 0 fully saturated rings. The van der Waals surface area contributed by atoms with Gasteiger partial charge >= 0.3 is 0 Å². The summed E-state index contributed by atoms with van der Waals surface area (Å²) in [5, 5.41) is 10.5. The van der Waals surface area contributed by atoms with Crippen molar-refractivity contribution in [2.75, 3.05) is 0 Å². The highest BCUT2D eigenvalue weighted by Gasteiger charge is 2.12. The molecule has 1 heteroatoms. The van der Waals surface area contributed by atoms with E-state index in [2.05, 4.69) is 52.0 Å². The summed E-state index contributed by atoms with van der Waals surface area (Å²) >= 11 is 0. The van der Waals surface area contributed by atoms with Crippen molar-refractivity contribution >= 4 is 0 Å². The van der Waals surface area contributed by atoms with Crippen LogP contribution in [0.1, 0.15) is 48.4 Å². The Morgan fingerprint density at radius 1 is 0.905 bits per heavy atom. The van der Waals surface area contributed by atoms with Gasteiger partial charge in [-0.3, -0.25) is 0 Å². The average Bonchev–Trinajstić information content (AvgIpc) is 2.42. The molecule has 0 aromatic heterocycles. The van der Waals surface area contributed by atoms with Crippen LogP contribution in [0.15, 0.2) is 30.3 Å². The van der Waals surface area contributed by atoms with Crippen LogP contribution in [0.4, 0.5) is 0 Å². The normalized spacial score (nSPS) is 10.9. The summed E-state index contributed by atoms with van der Waals surface area (Å²) in [7, 11) is 0. The van der Waals surface area contributed by atoms with Gasteiger partial charge in [0.1, 0.15) is 5.75 Å². The molecule has 0 aliphatic rings. The predicted octanol–water partition coefficient (Wildman–Crippen LogP) is 5.72. The molecule has 1 nitrogen and oxygen atoms in total. The quantitative estimate of drug-likeness (QED) is 0.696. The lowest BCUT2D eigenvalue weighted by Crippen LogP contribution is -1.93. The van der Waals surface area contributed by atoms with Crippen LogP contribution in [-0.2, 0) is 6.42 Å². The molecule has 0 unspecified atom stereocenters. The van der Waals surface area contributed by atoms with E-state index in [1.165, 1.54) is 36.0 Å². The van der Waals surface area contributed by atoms with Gasteiger partial charge in [0.15, 0.2) is 0 Å². The van der Waals surface area contributed by atoms with E-state index < -0.39 is 0 Å². The largest absolute Gasteiger partial charge is 0.507 e. The maximum atomic E-state index is 10.5. The molecule has 0 spiro atoms. The van der Waals surface area contributed by atoms with Crippen LogP contribution in [0, 0.1) is 20.8 Å². The Bertz CT molecular complexity index is 603. The Labute approximate surface area is 128 Å². The third-order valence-electron chi connectivity index (χ3n) is 4.11. The molecule has 0 aliphatic carbocycles. The fourth-order valence-electron chi connectivity index (χ4n) is 2.92. The fraction of sp³-hybridized carbons (Fsp3) is 0.400. The van der Waals surface area contributed by atoms with Crippen LogP contribution in [0.5, 0.6) is 5.75 Å². The maximum Gasteiger partial charge on any atom is 0.123 e. The second-order valence-electron chi connectivity index (χ2n) is 6.08. The van der Waals surface area contributed by atoms with Gasteiger partial charge in [0, 0.05) is 5.56 Å². The van der Waals surface area contributed by atoms with E-state index in [9.17, 15) is 5.11 Å². The van der Waals surface area contributed by atoms with Crippen molar-refractivity contribution < 1.29 is 5.11 Å². The van der Waals surface area contributed by atoms with E-state index in [-0.39, 0.29) is 0 Å². The van der Waals surface area contributed by atoms with E-state index in [0.29, 0.717) is 5.75 Å². The molecule has 2 rings (SSSR count). The van der Waals surface area contributed by atoms with Crippen LogP contribution >= 0.6 is 0 Å². The summed E-state index contributed by atoms with van der Waals surface area (Å²) in [6.07, 6.45) is 4.72. The van der Waals surface area contributed by atoms with Crippen molar-refractivity contribution in [3.8, 4) is 16.9 Å². The van der Waals surface area contributed by atoms with Crippen LogP contribution in [0.2, 0.25) is 0 Å². The van der Waals surface area contributed by atoms with Gasteiger partial charge < -0.3 is 5.11 Å². The van der Waals surface area contributed by atoms with E-state index >= 15 is 0 Å². The van der Waals surface area contributed by atoms with Gasteiger partial charge in [0.25, 0.3) is 0 Å². The number of hydrogen-bond donors (Lipinski definition) is 1. The molecule has 2 aromatic rings. The zero-order valence-electron chi connectivity index (χ0n) is 13.7. The molecule has 0 atom stereocenters. The molecule has 0 saturated carbocycles. The van der Waals surface area contributed by atoms with Crippen LogP contribution in [-0.4, -0.2) is 5.11 Å². The minimum atomic E-state index is 0.412. The van der Waals surface area contributed by atoms with E-state index in [4.69, 9.17) is 0 Å². The highest BCUT2D eigenvalue weighted by atomic mass is 16.3. The van der Waals surface area contributed by atoms with Gasteiger partial charge in [0.2, 0.25) is 0 Å². The maximum absolute atomic E-state index is 10.5. The summed E-state index contributed by atoms with van der Waals surface area (Å²) in [5.74, 6) is 0.412. The molecular formula is C20H26O. The number of hydrogen-bond acceptors (Lipinski definition) is 1. The number of unbranched alkanes of at least 4 members (excludes halogenated alkanes) is 2. The smallest absolute Gasteiger partial charge is 0.123 e. The second kappa shape index (κ2) is 6.80. The van der Waals surface area contributed by atoms with E-state index in [0.717, 1.165) is 23.1 Å². The molecule has 0 heterocycles. The van der Waals surface area contributed by atoms with Gasteiger partial charge in [-0.25, -0.2) is 0 Å². The Morgan fingerprint density at radius 3 is 2.33 bits per heavy atom. The lowest BCUT2D eigenvalue weighted by Gasteiger charge is -2.14. The zero-order chi connectivity index (χ0) is 15.4. The van der Waals surface area contributed by atoms with Crippen molar-refractivity contribution in [2.24, 2.45) is 0 Å². The molecule has 112 valence electrons. The minimum absolute atomic E-state index is 0.412. The minimum Gasteiger partial charge on any atom is -0.507 e. The number of phenolic OH excluding ortho intramolecular Hbond substituents is 1. The number of benzene rings is 2. The van der Waals surface area contributed by atoms with Crippen molar-refractivity contribution in [3.63, 3.8) is 0 Å². The molecule has 0 aliphatic heterocycles. The highest BCUT2D eigenvalue weighted by molar-refractivity contribution is 5.77. The molecule has 21 heavy (non-hydrogen) atoms. The molecule has 0 bridgehead atoms. The number of rotatable bonds is 5. The average molecular weight is 282 g/mol. The molecule has 0 saturated heterocycles. The van der Waals surface area contributed by atoms with Gasteiger partial charge in [-0.1, -0.05) is 49.6 Å². The van der Waals surface area contributed by atoms with Crippen LogP contribution in [0.25, 0.3) is 11.1 Å². The zero-order valence-corrected chi connectivity index (χ0v) is 13.7. The van der Waals surface area contributed by atoms with Crippen molar-refractivity contribution in [1.29, 1.82) is 0 Å². The second-order valence-corrected chi connectivity index (χ2v) is 6.08. The summed E-state index contributed by atoms with van der Waals surface area (Å²) in [6.45, 7) is 8.50. The Balaban J connectivity index is 2.39. The Kier molecular flexibility index (Phi) is 5.06. The third-order valence-corrected chi connectivity index (χ3v) is 4.11. The molecule has 0 amide bonds. The summed E-state index contributed by atoms with van der Waals surface area (Å²) in [4.78, 5) is 0. The van der Waals surface area contributed by atoms with E-state index in [1.54, 1.807) is 0 Å². The van der Waals surface area contributed by atoms with Crippen molar-refractivity contribution in [3.05, 3.63) is 52.6 Å². The Hall–Kier alpha value is -1.76. The number of aromatic hydroxyl groups is 1. The molecular weight excluding hydrogens is 256 g/mol. The summed E-state index contributed by atoms with van der Waals surface area (Å²) in [6, 6.07) is 10.6. The molecule has 0 radical (unpaired) electrons. The van der Waals surface area contributed by atoms with Gasteiger partial charge in [-0.2, -0.15) is 0 Å². The first-order valence-electron chi connectivity index (χ1n) is 7.93. The highest BCUT2D eigenvalue weighted by Crippen LogP contribution is 2.36. The topological polar surface area (TPSA) is 20.2 Å². The third kappa shape index (κ3) is 3.66. The Morgan fingerprint density at radius 2 is 1.67 bits per heavy atom. The fourth-order valence-corrected chi connectivity index (χ4v) is 2.92. The molecule has 1 N–H and O–H groups in total. The lowest BCUT2D eigenvalue weighted by atomic mass is 9.92.